The third-order valence-corrected chi connectivity index (χ3v) is 14.8. The first-order valence-corrected chi connectivity index (χ1v) is 25.5. The Labute approximate surface area is 425 Å². The molecule has 3 fully saturated rings. The van der Waals surface area contributed by atoms with Gasteiger partial charge in [-0.05, 0) is 107 Å². The van der Waals surface area contributed by atoms with Gasteiger partial charge in [-0.25, -0.2) is 4.79 Å². The maximum absolute atomic E-state index is 14.4. The summed E-state index contributed by atoms with van der Waals surface area (Å²) in [7, 11) is 4.52. The molecule has 5 N–H and O–H groups in total. The molecule has 1 aliphatic carbocycles. The molecular formula is C54H83NO17. The number of carbonyl (C=O) groups excluding carboxylic acids is 5. The number of nitrogens with zero attached hydrogens (tertiary/aromatic N) is 1. The summed E-state index contributed by atoms with van der Waals surface area (Å²) in [5, 5.41) is 49.2. The molecule has 3 aliphatic heterocycles. The lowest BCUT2D eigenvalue weighted by Crippen LogP contribution is -2.61. The summed E-state index contributed by atoms with van der Waals surface area (Å²) in [5.74, 6) is -10.6. The van der Waals surface area contributed by atoms with Gasteiger partial charge in [0.15, 0.2) is 5.78 Å². The van der Waals surface area contributed by atoms with Gasteiger partial charge in [-0.1, -0.05) is 71.1 Å². The smallest absolute Gasteiger partial charge is 0.329 e. The number of ether oxygens (including phenoxy) is 5. The van der Waals surface area contributed by atoms with E-state index < -0.39 is 102 Å². The van der Waals surface area contributed by atoms with E-state index in [0.717, 1.165) is 12.0 Å². The van der Waals surface area contributed by atoms with Crippen molar-refractivity contribution in [3.8, 4) is 0 Å². The predicted molar refractivity (Wildman–Crippen MR) is 265 cm³/mol. The van der Waals surface area contributed by atoms with Crippen LogP contribution >= 0.6 is 0 Å². The van der Waals surface area contributed by atoms with Crippen molar-refractivity contribution < 1.29 is 82.8 Å². The number of aliphatic hydroxyl groups is 3. The summed E-state index contributed by atoms with van der Waals surface area (Å²) in [6.45, 7) is 12.7. The Morgan fingerprint density at radius 2 is 1.51 bits per heavy atom. The van der Waals surface area contributed by atoms with Crippen LogP contribution in [0.5, 0.6) is 0 Å². The van der Waals surface area contributed by atoms with Crippen molar-refractivity contribution in [2.24, 2.45) is 35.5 Å². The number of esters is 1. The van der Waals surface area contributed by atoms with E-state index in [9.17, 15) is 48.9 Å². The molecule has 4 aliphatic rings. The first-order chi connectivity index (χ1) is 33.9. The zero-order valence-corrected chi connectivity index (χ0v) is 44.0. The van der Waals surface area contributed by atoms with Crippen molar-refractivity contribution in [2.45, 2.75) is 186 Å². The molecule has 18 heteroatoms. The molecule has 406 valence electrons. The number of amides is 1. The molecule has 0 aromatic rings. The van der Waals surface area contributed by atoms with Gasteiger partial charge in [0, 0.05) is 58.5 Å². The lowest BCUT2D eigenvalue weighted by molar-refractivity contribution is -0.265. The quantitative estimate of drug-likeness (QED) is 0.0841. The van der Waals surface area contributed by atoms with Crippen molar-refractivity contribution in [1.82, 2.24) is 4.90 Å². The molecule has 1 saturated carbocycles. The van der Waals surface area contributed by atoms with Crippen LogP contribution in [0.15, 0.2) is 47.6 Å². The van der Waals surface area contributed by atoms with Crippen LogP contribution in [0.3, 0.4) is 0 Å². The number of Topliss-reactive ketones (excluding diaryl/α,β-unsaturated/α-hetero) is 3. The molecule has 0 aromatic heterocycles. The van der Waals surface area contributed by atoms with Crippen LogP contribution < -0.4 is 0 Å². The van der Waals surface area contributed by atoms with Gasteiger partial charge in [0.1, 0.15) is 36.6 Å². The zero-order chi connectivity index (χ0) is 54.0. The number of allylic oxidation sites excluding steroid dienone is 6. The van der Waals surface area contributed by atoms with Gasteiger partial charge in [0.2, 0.25) is 5.79 Å². The summed E-state index contributed by atoms with van der Waals surface area (Å²) in [6.07, 6.45) is 10.4. The van der Waals surface area contributed by atoms with E-state index in [-0.39, 0.29) is 54.8 Å². The molecule has 0 radical (unpaired) electrons. The first kappa shape index (κ1) is 61.9. The molecule has 18 nitrogen and oxygen atoms in total. The molecule has 1 amide bonds. The number of hydrogen-bond donors (Lipinski definition) is 5. The van der Waals surface area contributed by atoms with Crippen molar-refractivity contribution in [1.29, 1.82) is 0 Å². The minimum atomic E-state index is -2.43. The molecule has 0 aromatic carbocycles. The molecular weight excluding hydrogens is 935 g/mol. The van der Waals surface area contributed by atoms with Crippen molar-refractivity contribution in [2.75, 3.05) is 27.9 Å². The molecule has 0 unspecified atom stereocenters. The number of carboxylic acid groups (broad SMARTS) is 2. The maximum atomic E-state index is 14.4. The highest BCUT2D eigenvalue weighted by Gasteiger charge is 2.53. The Morgan fingerprint density at radius 1 is 0.833 bits per heavy atom. The zero-order valence-electron chi connectivity index (χ0n) is 44.0. The van der Waals surface area contributed by atoms with Crippen molar-refractivity contribution >= 4 is 41.2 Å². The Hall–Kier alpha value is -4.43. The van der Waals surface area contributed by atoms with Crippen LogP contribution in [0.4, 0.5) is 0 Å². The number of aliphatic carboxylic acids is 2. The van der Waals surface area contributed by atoms with Crippen LogP contribution in [0, 0.1) is 35.5 Å². The number of carboxylic acids is 2. The number of rotatable bonds is 8. The number of ketones is 3. The third-order valence-electron chi connectivity index (χ3n) is 14.8. The molecule has 2 saturated heterocycles. The fraction of sp³-hybridized carbons (Fsp3) is 0.722. The molecule has 0 spiro atoms. The first-order valence-electron chi connectivity index (χ1n) is 25.5. The highest BCUT2D eigenvalue weighted by Crippen LogP contribution is 2.38. The van der Waals surface area contributed by atoms with E-state index in [4.69, 9.17) is 33.9 Å². The van der Waals surface area contributed by atoms with Crippen LogP contribution in [0.25, 0.3) is 0 Å². The summed E-state index contributed by atoms with van der Waals surface area (Å²) in [4.78, 5) is 90.6. The number of carbonyl (C=O) groups is 7. The van der Waals surface area contributed by atoms with Gasteiger partial charge in [-0.15, -0.1) is 0 Å². The summed E-state index contributed by atoms with van der Waals surface area (Å²) in [6, 6.07) is -1.14. The highest BCUT2D eigenvalue weighted by molar-refractivity contribution is 6.39. The number of fused-ring (bicyclic) bond motifs is 3. The minimum Gasteiger partial charge on any atom is -0.481 e. The lowest BCUT2D eigenvalue weighted by atomic mass is 9.78. The fourth-order valence-electron chi connectivity index (χ4n) is 10.2. The van der Waals surface area contributed by atoms with Crippen LogP contribution in [-0.2, 0) is 57.2 Å². The van der Waals surface area contributed by atoms with Gasteiger partial charge in [0.25, 0.3) is 11.7 Å². The van der Waals surface area contributed by atoms with E-state index >= 15 is 0 Å². The van der Waals surface area contributed by atoms with Crippen molar-refractivity contribution in [3.05, 3.63) is 47.6 Å². The number of cyclic esters (lactones) is 1. The number of aliphatic hydroxyl groups excluding tert-OH is 2. The van der Waals surface area contributed by atoms with Crippen LogP contribution in [-0.4, -0.2) is 154 Å². The number of hydrogen-bond acceptors (Lipinski definition) is 15. The second-order valence-corrected chi connectivity index (χ2v) is 20.6. The second-order valence-electron chi connectivity index (χ2n) is 20.6. The predicted octanol–water partition coefficient (Wildman–Crippen LogP) is 5.73. The van der Waals surface area contributed by atoms with Crippen molar-refractivity contribution in [3.63, 3.8) is 0 Å². The lowest BCUT2D eigenvalue weighted by Gasteiger charge is -2.42. The average Bonchev–Trinajstić information content (AvgIpc) is 3.33. The van der Waals surface area contributed by atoms with E-state index in [2.05, 4.69) is 0 Å². The van der Waals surface area contributed by atoms with Crippen LogP contribution in [0.2, 0.25) is 0 Å². The summed E-state index contributed by atoms with van der Waals surface area (Å²) < 4.78 is 29.4. The van der Waals surface area contributed by atoms with Gasteiger partial charge < -0.3 is 54.1 Å². The molecule has 4 rings (SSSR count). The van der Waals surface area contributed by atoms with Gasteiger partial charge >= 0.3 is 17.9 Å². The maximum Gasteiger partial charge on any atom is 0.329 e. The second kappa shape index (κ2) is 29.5. The average molecular weight is 1020 g/mol. The van der Waals surface area contributed by atoms with Gasteiger partial charge in [-0.3, -0.25) is 28.8 Å². The Balaban J connectivity index is 0.00000181. The van der Waals surface area contributed by atoms with Gasteiger partial charge in [0.05, 0.1) is 24.4 Å². The minimum absolute atomic E-state index is 0.0193. The van der Waals surface area contributed by atoms with Crippen LogP contribution in [0.1, 0.15) is 132 Å². The molecule has 3 heterocycles. The standard InChI is InChI=1S/C51H79NO13.C3H4O4/c1-30-16-12-11-13-17-31(2)42(61-8)28-38-21-19-36(7)51(60,65-38)48(57)49(58)52-23-15-14-18-39(52)50(59)64-43(33(4)26-37-20-22-40(53)44(27-37)62-9)29-41(54)32(3)25-35(6)46(56)47(63-10)45(55)34(5)24-30;4-2(5)1-3(6)7/h11-13,16-17,25,30,32-34,36-40,42-44,46-47,53,56,60H,14-15,18-24,26-29H2,1-10H3;1H2,(H,4,5)(H,6,7)/b13-11+,16-12+,31-17+,35-25+;/t30-,32-,33-,34-,36-,37+,38+,39+,40-,42+,43+,44-,46-,47+,51-;/m1./s1. The molecule has 15 atom stereocenters. The summed E-state index contributed by atoms with van der Waals surface area (Å²) in [5.41, 5.74) is 1.27. The van der Waals surface area contributed by atoms with E-state index in [1.165, 1.54) is 12.0 Å². The Bertz CT molecular complexity index is 1970. The number of piperidine rings is 1. The molecule has 2 bridgehead atoms. The topological polar surface area (TPSA) is 270 Å². The van der Waals surface area contributed by atoms with E-state index in [0.29, 0.717) is 63.4 Å². The Kier molecular flexibility index (Phi) is 25.3. The monoisotopic (exact) mass is 1020 g/mol. The number of methoxy groups -OCH3 is 3. The normalized spacial score (nSPS) is 37.3. The molecule has 72 heavy (non-hydrogen) atoms. The van der Waals surface area contributed by atoms with E-state index in [1.54, 1.807) is 41.1 Å². The third kappa shape index (κ3) is 17.9. The largest absolute Gasteiger partial charge is 0.481 e. The summed E-state index contributed by atoms with van der Waals surface area (Å²) >= 11 is 0. The highest BCUT2D eigenvalue weighted by atomic mass is 16.6. The Morgan fingerprint density at radius 3 is 2.12 bits per heavy atom. The van der Waals surface area contributed by atoms with Gasteiger partial charge in [-0.2, -0.15) is 0 Å². The van der Waals surface area contributed by atoms with E-state index in [1.807, 2.05) is 58.1 Å². The fourth-order valence-corrected chi connectivity index (χ4v) is 10.2. The SMILES string of the molecule is CO[C@H]1C[C@@H]2CC[C@@H](C)[C@@](O)(O2)C(=O)C(=O)N2CCCC[C@H]2C(=O)O[C@H]([C@H](C)C[C@@H]2CC[C@@H](O)[C@H](OC)C2)CC(=O)[C@H](C)/C=C(\C)[C@@H](O)[C@@H](OC)C(=O)[C@H](C)C[C@H](C)/C=C/C=C/C=C/1C.O=C(O)CC(=O)O.